The van der Waals surface area contributed by atoms with Crippen molar-refractivity contribution >= 4 is 11.6 Å². The number of carbonyl (C=O) groups is 2. The summed E-state index contributed by atoms with van der Waals surface area (Å²) in [4.78, 5) is 35.4. The Kier molecular flexibility index (Phi) is 6.84. The first-order valence-electron chi connectivity index (χ1n) is 7.77. The second kappa shape index (κ2) is 8.22. The van der Waals surface area contributed by atoms with Crippen LogP contribution in [0.4, 0.5) is 13.2 Å². The lowest BCUT2D eigenvalue weighted by Gasteiger charge is -2.28. The number of carbonyl (C=O) groups excluding carboxylic acids is 2. The normalized spacial score (nSPS) is 15.5. The van der Waals surface area contributed by atoms with Crippen molar-refractivity contribution in [3.8, 4) is 0 Å². The molecule has 3 unspecified atom stereocenters. The number of benzene rings is 1. The fourth-order valence-corrected chi connectivity index (χ4v) is 2.76. The maximum atomic E-state index is 12.7. The minimum absolute atomic E-state index is 0.293. The summed E-state index contributed by atoms with van der Waals surface area (Å²) < 4.78 is 38.1. The first-order valence-corrected chi connectivity index (χ1v) is 7.77. The molecule has 0 radical (unpaired) electrons. The summed E-state index contributed by atoms with van der Waals surface area (Å²) in [5, 5.41) is 11.3. The molecule has 0 spiro atoms. The summed E-state index contributed by atoms with van der Waals surface area (Å²) >= 11 is 0. The van der Waals surface area contributed by atoms with E-state index in [1.54, 1.807) is 18.2 Å². The van der Waals surface area contributed by atoms with E-state index < -0.39 is 52.9 Å². The van der Waals surface area contributed by atoms with Gasteiger partial charge in [-0.05, 0) is 5.56 Å². The highest BCUT2D eigenvalue weighted by molar-refractivity contribution is 6.04. The van der Waals surface area contributed by atoms with Gasteiger partial charge >= 0.3 is 6.18 Å². The summed E-state index contributed by atoms with van der Waals surface area (Å²) in [6, 6.07) is 6.31. The fraction of sp³-hybridized carbons (Fsp3) is 0.529. The molecule has 0 heterocycles. The summed E-state index contributed by atoms with van der Waals surface area (Å²) in [7, 11) is 0. The number of nitrogens with zero attached hydrogens (tertiary/aromatic N) is 1. The van der Waals surface area contributed by atoms with Crippen molar-refractivity contribution in [2.45, 2.75) is 45.3 Å². The summed E-state index contributed by atoms with van der Waals surface area (Å²) in [6.07, 6.45) is -6.57. The lowest BCUT2D eigenvalue weighted by molar-refractivity contribution is -0.523. The molecule has 5 nitrogen and oxygen atoms in total. The molecule has 0 aliphatic carbocycles. The van der Waals surface area contributed by atoms with Gasteiger partial charge in [0.15, 0.2) is 5.78 Å². The molecule has 0 aromatic heterocycles. The maximum absolute atomic E-state index is 12.7. The SMILES string of the molecule is CC(C)C(=O)C(C(=O)CC(F)(F)F)C(c1ccccc1)C(C)[N+](=O)[O-]. The molecule has 0 saturated carbocycles. The van der Waals surface area contributed by atoms with Crippen molar-refractivity contribution in [2.24, 2.45) is 11.8 Å². The molecule has 0 amide bonds. The number of rotatable bonds is 8. The zero-order valence-electron chi connectivity index (χ0n) is 14.1. The van der Waals surface area contributed by atoms with E-state index in [9.17, 15) is 32.9 Å². The number of nitro groups is 1. The summed E-state index contributed by atoms with van der Waals surface area (Å²) in [6.45, 7) is 4.10. The highest BCUT2D eigenvalue weighted by Crippen LogP contribution is 2.35. The van der Waals surface area contributed by atoms with E-state index in [0.717, 1.165) is 0 Å². The van der Waals surface area contributed by atoms with E-state index in [1.165, 1.54) is 32.9 Å². The Labute approximate surface area is 143 Å². The van der Waals surface area contributed by atoms with E-state index >= 15 is 0 Å². The first kappa shape index (κ1) is 20.8. The predicted octanol–water partition coefficient (Wildman–Crippen LogP) is 3.80. The van der Waals surface area contributed by atoms with Crippen LogP contribution in [-0.2, 0) is 9.59 Å². The lowest BCUT2D eigenvalue weighted by Crippen LogP contribution is -2.41. The van der Waals surface area contributed by atoms with Gasteiger partial charge in [-0.15, -0.1) is 0 Å². The molecule has 8 heteroatoms. The zero-order chi connectivity index (χ0) is 19.4. The third-order valence-corrected chi connectivity index (χ3v) is 3.99. The molecule has 0 N–H and O–H groups in total. The Hall–Kier alpha value is -2.25. The van der Waals surface area contributed by atoms with Crippen LogP contribution in [0, 0.1) is 22.0 Å². The Morgan fingerprint density at radius 3 is 2.04 bits per heavy atom. The molecule has 25 heavy (non-hydrogen) atoms. The van der Waals surface area contributed by atoms with Gasteiger partial charge < -0.3 is 0 Å². The van der Waals surface area contributed by atoms with Gasteiger partial charge in [-0.1, -0.05) is 44.2 Å². The molecule has 1 aromatic rings. The molecule has 0 aliphatic heterocycles. The number of Topliss-reactive ketones (excluding diaryl/α,β-unsaturated/α-hetero) is 2. The van der Waals surface area contributed by atoms with Gasteiger partial charge in [-0.25, -0.2) is 0 Å². The maximum Gasteiger partial charge on any atom is 0.395 e. The quantitative estimate of drug-likeness (QED) is 0.402. The van der Waals surface area contributed by atoms with E-state index in [4.69, 9.17) is 0 Å². The molecule has 1 rings (SSSR count). The van der Waals surface area contributed by atoms with Crippen molar-refractivity contribution in [1.82, 2.24) is 0 Å². The minimum atomic E-state index is -4.79. The molecule has 0 bridgehead atoms. The number of halogens is 3. The van der Waals surface area contributed by atoms with Crippen LogP contribution < -0.4 is 0 Å². The van der Waals surface area contributed by atoms with E-state index in [-0.39, 0.29) is 0 Å². The third-order valence-electron chi connectivity index (χ3n) is 3.99. The van der Waals surface area contributed by atoms with Crippen LogP contribution in [0.15, 0.2) is 30.3 Å². The van der Waals surface area contributed by atoms with Crippen molar-refractivity contribution in [3.63, 3.8) is 0 Å². The largest absolute Gasteiger partial charge is 0.395 e. The van der Waals surface area contributed by atoms with E-state index in [1.807, 2.05) is 0 Å². The van der Waals surface area contributed by atoms with E-state index in [0.29, 0.717) is 5.56 Å². The number of alkyl halides is 3. The van der Waals surface area contributed by atoms with Gasteiger partial charge in [-0.3, -0.25) is 19.7 Å². The van der Waals surface area contributed by atoms with Crippen LogP contribution >= 0.6 is 0 Å². The topological polar surface area (TPSA) is 77.3 Å². The highest BCUT2D eigenvalue weighted by Gasteiger charge is 2.46. The Morgan fingerprint density at radius 2 is 1.64 bits per heavy atom. The summed E-state index contributed by atoms with van der Waals surface area (Å²) in [5.74, 6) is -5.77. The molecule has 0 saturated heterocycles. The van der Waals surface area contributed by atoms with Gasteiger partial charge in [0.2, 0.25) is 6.04 Å². The molecular weight excluding hydrogens is 339 g/mol. The second-order valence-electron chi connectivity index (χ2n) is 6.26. The van der Waals surface area contributed by atoms with Crippen LogP contribution in [0.1, 0.15) is 38.7 Å². The number of hydrogen-bond acceptors (Lipinski definition) is 4. The molecule has 1 aromatic carbocycles. The van der Waals surface area contributed by atoms with Crippen LogP contribution in [0.5, 0.6) is 0 Å². The predicted molar refractivity (Wildman–Crippen MR) is 84.7 cm³/mol. The smallest absolute Gasteiger partial charge is 0.299 e. The van der Waals surface area contributed by atoms with Crippen LogP contribution in [-0.4, -0.2) is 28.7 Å². The van der Waals surface area contributed by atoms with Gasteiger partial charge in [0.25, 0.3) is 0 Å². The molecule has 3 atom stereocenters. The van der Waals surface area contributed by atoms with Crippen molar-refractivity contribution in [2.75, 3.05) is 0 Å². The Bertz CT molecular complexity index is 629. The monoisotopic (exact) mass is 359 g/mol. The van der Waals surface area contributed by atoms with Gasteiger partial charge in [0.1, 0.15) is 12.2 Å². The van der Waals surface area contributed by atoms with Gasteiger partial charge in [0.05, 0.1) is 11.8 Å². The minimum Gasteiger partial charge on any atom is -0.299 e. The van der Waals surface area contributed by atoms with Crippen molar-refractivity contribution < 1.29 is 27.7 Å². The summed E-state index contributed by atoms with van der Waals surface area (Å²) in [5.41, 5.74) is 0.293. The van der Waals surface area contributed by atoms with Crippen LogP contribution in [0.3, 0.4) is 0 Å². The van der Waals surface area contributed by atoms with Crippen LogP contribution in [0.25, 0.3) is 0 Å². The molecule has 138 valence electrons. The van der Waals surface area contributed by atoms with Crippen molar-refractivity contribution in [1.29, 1.82) is 0 Å². The highest BCUT2D eigenvalue weighted by atomic mass is 19.4. The Morgan fingerprint density at radius 1 is 1.12 bits per heavy atom. The Balaban J connectivity index is 3.45. The number of hydrogen-bond donors (Lipinski definition) is 0. The average molecular weight is 359 g/mol. The van der Waals surface area contributed by atoms with Gasteiger partial charge in [0, 0.05) is 17.8 Å². The molecule has 0 fully saturated rings. The average Bonchev–Trinajstić information content (AvgIpc) is 2.50. The molecular formula is C17H20F3NO4. The van der Waals surface area contributed by atoms with Gasteiger partial charge in [-0.2, -0.15) is 13.2 Å². The second-order valence-corrected chi connectivity index (χ2v) is 6.26. The third kappa shape index (κ3) is 5.65. The lowest BCUT2D eigenvalue weighted by atomic mass is 9.74. The fourth-order valence-electron chi connectivity index (χ4n) is 2.76. The number of ketones is 2. The first-order chi connectivity index (χ1) is 11.5. The molecule has 0 aliphatic rings. The van der Waals surface area contributed by atoms with Crippen LogP contribution in [0.2, 0.25) is 0 Å². The van der Waals surface area contributed by atoms with Crippen molar-refractivity contribution in [3.05, 3.63) is 46.0 Å². The standard InChI is InChI=1S/C17H20F3NO4/c1-10(2)16(23)15(13(22)9-17(18,19)20)14(11(3)21(24)25)12-7-5-4-6-8-12/h4-8,10-11,14-15H,9H2,1-3H3. The van der Waals surface area contributed by atoms with E-state index in [2.05, 4.69) is 0 Å². The zero-order valence-corrected chi connectivity index (χ0v) is 14.1.